The van der Waals surface area contributed by atoms with Crippen molar-refractivity contribution in [2.45, 2.75) is 58.3 Å². The van der Waals surface area contributed by atoms with E-state index in [1.807, 2.05) is 13.0 Å². The van der Waals surface area contributed by atoms with Gasteiger partial charge in [0.2, 0.25) is 0 Å². The smallest absolute Gasteiger partial charge is 0.0431 e. The van der Waals surface area contributed by atoms with Gasteiger partial charge in [0.05, 0.1) is 0 Å². The number of hydrogen-bond acceptors (Lipinski definition) is 1. The summed E-state index contributed by atoms with van der Waals surface area (Å²) in [6.45, 7) is 2.28. The standard InChI is InChI=1S/C18H26O/c1-2-3-4-5-6-7-8-9-10-11-12-13-14-15-16-17-18-19/h2-3,9-10,19H,8,11-18H2,1H3. The minimum Gasteiger partial charge on any atom is -0.396 e. The summed E-state index contributed by atoms with van der Waals surface area (Å²) in [5.41, 5.74) is 0. The van der Waals surface area contributed by atoms with Gasteiger partial charge in [0.25, 0.3) is 0 Å². The van der Waals surface area contributed by atoms with Crippen molar-refractivity contribution >= 4 is 0 Å². The highest BCUT2D eigenvalue weighted by Gasteiger charge is 1.89. The molecule has 0 rings (SSSR count). The molecule has 0 radical (unpaired) electrons. The van der Waals surface area contributed by atoms with Gasteiger partial charge in [-0.2, -0.15) is 0 Å². The van der Waals surface area contributed by atoms with Gasteiger partial charge >= 0.3 is 0 Å². The zero-order valence-corrected chi connectivity index (χ0v) is 12.1. The number of hydrogen-bond donors (Lipinski definition) is 1. The molecule has 0 aliphatic carbocycles. The van der Waals surface area contributed by atoms with E-state index in [9.17, 15) is 0 Å². The Kier molecular flexibility index (Phi) is 15.3. The van der Waals surface area contributed by atoms with E-state index in [0.717, 1.165) is 25.7 Å². The molecule has 1 nitrogen and oxygen atoms in total. The molecule has 0 saturated carbocycles. The topological polar surface area (TPSA) is 20.2 Å². The van der Waals surface area contributed by atoms with Crippen molar-refractivity contribution < 1.29 is 5.11 Å². The van der Waals surface area contributed by atoms with E-state index < -0.39 is 0 Å². The summed E-state index contributed by atoms with van der Waals surface area (Å²) in [5.74, 6) is 11.4. The Morgan fingerprint density at radius 2 is 1.63 bits per heavy atom. The maximum atomic E-state index is 8.64. The number of aliphatic hydroxyl groups is 1. The van der Waals surface area contributed by atoms with Crippen LogP contribution in [0.5, 0.6) is 0 Å². The molecule has 0 atom stereocenters. The molecule has 0 aromatic carbocycles. The lowest BCUT2D eigenvalue weighted by atomic mass is 10.1. The Morgan fingerprint density at radius 3 is 2.37 bits per heavy atom. The number of unbranched alkanes of at least 4 members (excludes halogenated alkanes) is 6. The lowest BCUT2D eigenvalue weighted by Crippen LogP contribution is -1.83. The maximum absolute atomic E-state index is 8.64. The molecule has 0 aromatic rings. The minimum atomic E-state index is 0.336. The highest BCUT2D eigenvalue weighted by Crippen LogP contribution is 2.07. The van der Waals surface area contributed by atoms with Crippen LogP contribution in [0.25, 0.3) is 0 Å². The number of allylic oxidation sites excluding steroid dienone is 4. The third kappa shape index (κ3) is 16.6. The molecule has 0 spiro atoms. The minimum absolute atomic E-state index is 0.336. The molecule has 0 aliphatic rings. The van der Waals surface area contributed by atoms with E-state index in [4.69, 9.17) is 5.11 Å². The fourth-order valence-corrected chi connectivity index (χ4v) is 1.60. The molecule has 0 aromatic heterocycles. The molecule has 0 fully saturated rings. The summed E-state index contributed by atoms with van der Waals surface area (Å²) in [5, 5.41) is 8.64. The summed E-state index contributed by atoms with van der Waals surface area (Å²) in [4.78, 5) is 0. The molecule has 0 aliphatic heterocycles. The highest BCUT2D eigenvalue weighted by molar-refractivity contribution is 5.30. The molecule has 1 heteroatoms. The van der Waals surface area contributed by atoms with Gasteiger partial charge in [-0.1, -0.05) is 55.8 Å². The molecule has 0 amide bonds. The molecular weight excluding hydrogens is 232 g/mol. The highest BCUT2D eigenvalue weighted by atomic mass is 16.2. The van der Waals surface area contributed by atoms with E-state index in [1.165, 1.54) is 25.7 Å². The van der Waals surface area contributed by atoms with Crippen LogP contribution in [0.2, 0.25) is 0 Å². The maximum Gasteiger partial charge on any atom is 0.0431 e. The first kappa shape index (κ1) is 17.6. The monoisotopic (exact) mass is 258 g/mol. The van der Waals surface area contributed by atoms with Crippen molar-refractivity contribution in [3.8, 4) is 23.7 Å². The molecule has 0 unspecified atom stereocenters. The van der Waals surface area contributed by atoms with Crippen LogP contribution in [0, 0.1) is 23.7 Å². The van der Waals surface area contributed by atoms with Gasteiger partial charge in [-0.05, 0) is 44.1 Å². The predicted octanol–water partition coefficient (Wildman–Crippen LogP) is 4.24. The Morgan fingerprint density at radius 1 is 0.895 bits per heavy atom. The predicted molar refractivity (Wildman–Crippen MR) is 83.5 cm³/mol. The fourth-order valence-electron chi connectivity index (χ4n) is 1.60. The lowest BCUT2D eigenvalue weighted by molar-refractivity contribution is 0.282. The van der Waals surface area contributed by atoms with E-state index >= 15 is 0 Å². The molecular formula is C18H26O. The summed E-state index contributed by atoms with van der Waals surface area (Å²) in [6.07, 6.45) is 17.2. The third-order valence-electron chi connectivity index (χ3n) is 2.64. The van der Waals surface area contributed by atoms with Gasteiger partial charge in [0.15, 0.2) is 0 Å². The van der Waals surface area contributed by atoms with Crippen LogP contribution >= 0.6 is 0 Å². The van der Waals surface area contributed by atoms with Crippen molar-refractivity contribution in [1.29, 1.82) is 0 Å². The third-order valence-corrected chi connectivity index (χ3v) is 2.64. The molecule has 0 heterocycles. The Bertz CT molecular complexity index is 355. The molecule has 0 bridgehead atoms. The normalized spacial score (nSPS) is 10.2. The van der Waals surface area contributed by atoms with Crippen LogP contribution < -0.4 is 0 Å². The van der Waals surface area contributed by atoms with Gasteiger partial charge < -0.3 is 5.11 Å². The lowest BCUT2D eigenvalue weighted by Gasteiger charge is -1.98. The summed E-state index contributed by atoms with van der Waals surface area (Å²) in [6, 6.07) is 0. The van der Waals surface area contributed by atoms with E-state index in [-0.39, 0.29) is 0 Å². The average molecular weight is 258 g/mol. The number of rotatable bonds is 9. The fraction of sp³-hybridized carbons (Fsp3) is 0.556. The van der Waals surface area contributed by atoms with Crippen LogP contribution in [0.15, 0.2) is 24.3 Å². The molecule has 0 saturated heterocycles. The molecule has 104 valence electrons. The quantitative estimate of drug-likeness (QED) is 0.372. The second-order valence-corrected chi connectivity index (χ2v) is 4.38. The Hall–Kier alpha value is -1.44. The van der Waals surface area contributed by atoms with Crippen molar-refractivity contribution in [2.24, 2.45) is 0 Å². The van der Waals surface area contributed by atoms with Crippen molar-refractivity contribution in [3.63, 3.8) is 0 Å². The van der Waals surface area contributed by atoms with E-state index in [1.54, 1.807) is 6.08 Å². The van der Waals surface area contributed by atoms with Gasteiger partial charge in [-0.3, -0.25) is 0 Å². The first-order valence-electron chi connectivity index (χ1n) is 7.27. The van der Waals surface area contributed by atoms with Crippen molar-refractivity contribution in [2.75, 3.05) is 6.61 Å². The number of aliphatic hydroxyl groups excluding tert-OH is 1. The summed E-state index contributed by atoms with van der Waals surface area (Å²) in [7, 11) is 0. The first-order valence-corrected chi connectivity index (χ1v) is 7.27. The van der Waals surface area contributed by atoms with Crippen molar-refractivity contribution in [1.82, 2.24) is 0 Å². The zero-order valence-electron chi connectivity index (χ0n) is 12.1. The van der Waals surface area contributed by atoms with Crippen LogP contribution in [0.4, 0.5) is 0 Å². The SMILES string of the molecule is CC=CC#CC#CCC=CCCCCCCCCO. The second kappa shape index (κ2) is 16.6. The molecule has 1 N–H and O–H groups in total. The van der Waals surface area contributed by atoms with Crippen molar-refractivity contribution in [3.05, 3.63) is 24.3 Å². The van der Waals surface area contributed by atoms with Gasteiger partial charge in [0, 0.05) is 13.0 Å². The van der Waals surface area contributed by atoms with E-state index in [2.05, 4.69) is 35.8 Å². The molecule has 19 heavy (non-hydrogen) atoms. The average Bonchev–Trinajstić information content (AvgIpc) is 2.43. The van der Waals surface area contributed by atoms with Crippen LogP contribution in [0.1, 0.15) is 58.3 Å². The largest absolute Gasteiger partial charge is 0.396 e. The van der Waals surface area contributed by atoms with Gasteiger partial charge in [0.1, 0.15) is 0 Å². The van der Waals surface area contributed by atoms with Gasteiger partial charge in [-0.15, -0.1) is 0 Å². The summed E-state index contributed by atoms with van der Waals surface area (Å²) < 4.78 is 0. The first-order chi connectivity index (χ1) is 9.41. The van der Waals surface area contributed by atoms with Crippen LogP contribution in [-0.4, -0.2) is 11.7 Å². The van der Waals surface area contributed by atoms with E-state index in [0.29, 0.717) is 6.61 Å². The zero-order chi connectivity index (χ0) is 14.0. The van der Waals surface area contributed by atoms with Crippen LogP contribution in [0.3, 0.4) is 0 Å². The Balaban J connectivity index is 3.33. The summed E-state index contributed by atoms with van der Waals surface area (Å²) >= 11 is 0. The van der Waals surface area contributed by atoms with Gasteiger partial charge in [-0.25, -0.2) is 0 Å². The van der Waals surface area contributed by atoms with Crippen LogP contribution in [-0.2, 0) is 0 Å². The Labute approximate surface area is 118 Å². The second-order valence-electron chi connectivity index (χ2n) is 4.38.